The maximum absolute atomic E-state index is 5.74. The van der Waals surface area contributed by atoms with E-state index in [4.69, 9.17) is 11.6 Å². The molecule has 0 aromatic carbocycles. The highest BCUT2D eigenvalue weighted by Crippen LogP contribution is 2.17. The van der Waals surface area contributed by atoms with Crippen molar-refractivity contribution >= 4 is 19.7 Å². The predicted molar refractivity (Wildman–Crippen MR) is 71.6 cm³/mol. The van der Waals surface area contributed by atoms with Crippen molar-refractivity contribution in [2.75, 3.05) is 0 Å². The van der Waals surface area contributed by atoms with Crippen molar-refractivity contribution in [3.8, 4) is 11.3 Å². The minimum Gasteiger partial charge on any atom is -0.255 e. The van der Waals surface area contributed by atoms with E-state index < -0.39 is 8.07 Å². The second-order valence-corrected chi connectivity index (χ2v) is 11.1. The summed E-state index contributed by atoms with van der Waals surface area (Å²) in [7, 11) is -1.17. The van der Waals surface area contributed by atoms with Crippen LogP contribution in [0.5, 0.6) is 0 Å². The Balaban J connectivity index is 2.21. The lowest BCUT2D eigenvalue weighted by Gasteiger charge is -2.14. The van der Waals surface area contributed by atoms with Crippen molar-refractivity contribution in [2.24, 2.45) is 0 Å². The number of nitrogens with zero attached hydrogens (tertiary/aromatic N) is 4. The summed E-state index contributed by atoms with van der Waals surface area (Å²) in [6.45, 7) is 6.91. The van der Waals surface area contributed by atoms with E-state index in [9.17, 15) is 0 Å². The van der Waals surface area contributed by atoms with Crippen LogP contribution in [0.25, 0.3) is 11.3 Å². The molecule has 0 aliphatic carbocycles. The van der Waals surface area contributed by atoms with Crippen LogP contribution in [-0.2, 0) is 6.17 Å². The second-order valence-electron chi connectivity index (χ2n) is 5.23. The fraction of sp³-hybridized carbons (Fsp3) is 0.364. The topological polar surface area (TPSA) is 43.6 Å². The van der Waals surface area contributed by atoms with E-state index in [1.807, 2.05) is 16.9 Å². The van der Waals surface area contributed by atoms with Gasteiger partial charge in [-0.3, -0.25) is 4.68 Å². The van der Waals surface area contributed by atoms with Crippen molar-refractivity contribution in [3.63, 3.8) is 0 Å². The van der Waals surface area contributed by atoms with Crippen molar-refractivity contribution in [1.29, 1.82) is 0 Å². The average molecular weight is 267 g/mol. The second kappa shape index (κ2) is 4.58. The molecule has 4 nitrogen and oxygen atoms in total. The number of hydrogen-bond donors (Lipinski definition) is 0. The van der Waals surface area contributed by atoms with Gasteiger partial charge in [-0.15, -0.1) is 5.10 Å². The van der Waals surface area contributed by atoms with Gasteiger partial charge in [0, 0.05) is 17.9 Å². The summed E-state index contributed by atoms with van der Waals surface area (Å²) in [5.74, 6) is 0. The van der Waals surface area contributed by atoms with Gasteiger partial charge in [-0.05, 0) is 12.1 Å². The lowest BCUT2D eigenvalue weighted by Crippen LogP contribution is -2.28. The molecule has 0 bridgehead atoms. The molecule has 0 aliphatic heterocycles. The molecule has 2 aromatic heterocycles. The van der Waals surface area contributed by atoms with Gasteiger partial charge in [0.05, 0.1) is 14.3 Å². The van der Waals surface area contributed by atoms with Crippen LogP contribution in [0.3, 0.4) is 0 Å². The molecule has 0 fully saturated rings. The lowest BCUT2D eigenvalue weighted by molar-refractivity contribution is 0.681. The van der Waals surface area contributed by atoms with Crippen LogP contribution in [0.4, 0.5) is 0 Å². The van der Waals surface area contributed by atoms with Gasteiger partial charge in [0.15, 0.2) is 0 Å². The predicted octanol–water partition coefficient (Wildman–Crippen LogP) is 2.87. The van der Waals surface area contributed by atoms with Crippen LogP contribution in [0, 0.1) is 0 Å². The molecule has 0 spiro atoms. The van der Waals surface area contributed by atoms with Crippen LogP contribution in [-0.4, -0.2) is 28.1 Å². The Labute approximate surface area is 107 Å². The molecule has 2 heterocycles. The molecule has 2 aromatic rings. The van der Waals surface area contributed by atoms with Crippen LogP contribution in [0.1, 0.15) is 0 Å². The molecule has 0 atom stereocenters. The van der Waals surface area contributed by atoms with Crippen molar-refractivity contribution in [1.82, 2.24) is 20.0 Å². The molecule has 6 heteroatoms. The minimum absolute atomic E-state index is 0.489. The molecule has 17 heavy (non-hydrogen) atoms. The number of aromatic nitrogens is 4. The molecule has 0 amide bonds. The fourth-order valence-corrected chi connectivity index (χ4v) is 2.76. The number of rotatable bonds is 3. The summed E-state index contributed by atoms with van der Waals surface area (Å²) in [5, 5.41) is 8.78. The first-order valence-corrected chi connectivity index (χ1v) is 9.55. The summed E-state index contributed by atoms with van der Waals surface area (Å²) < 4.78 is 1.91. The van der Waals surface area contributed by atoms with Gasteiger partial charge >= 0.3 is 0 Å². The van der Waals surface area contributed by atoms with E-state index in [2.05, 4.69) is 34.9 Å². The summed E-state index contributed by atoms with van der Waals surface area (Å²) in [4.78, 5) is 4.04. The molecule has 0 radical (unpaired) electrons. The van der Waals surface area contributed by atoms with Gasteiger partial charge in [0.25, 0.3) is 0 Å². The SMILES string of the molecule is C[Si](C)(C)Cn1cc(-c2ccc(Cl)nc2)nn1. The zero-order valence-electron chi connectivity index (χ0n) is 10.2. The maximum Gasteiger partial charge on any atom is 0.129 e. The summed E-state index contributed by atoms with van der Waals surface area (Å²) in [5.41, 5.74) is 1.78. The first-order valence-electron chi connectivity index (χ1n) is 5.46. The molecule has 2 rings (SSSR count). The molecule has 90 valence electrons. The van der Waals surface area contributed by atoms with E-state index >= 15 is 0 Å². The molecule has 0 saturated carbocycles. The Morgan fingerprint density at radius 2 is 2.06 bits per heavy atom. The van der Waals surface area contributed by atoms with Gasteiger partial charge in [0.1, 0.15) is 10.8 Å². The summed E-state index contributed by atoms with van der Waals surface area (Å²) in [6.07, 6.45) is 4.65. The largest absolute Gasteiger partial charge is 0.255 e. The van der Waals surface area contributed by atoms with Crippen LogP contribution < -0.4 is 0 Å². The Bertz CT molecular complexity index is 501. The van der Waals surface area contributed by atoms with Gasteiger partial charge in [-0.2, -0.15) is 0 Å². The third kappa shape index (κ3) is 3.37. The maximum atomic E-state index is 5.74. The quantitative estimate of drug-likeness (QED) is 0.634. The van der Waals surface area contributed by atoms with Gasteiger partial charge < -0.3 is 0 Å². The summed E-state index contributed by atoms with van der Waals surface area (Å²) >= 11 is 5.74. The highest BCUT2D eigenvalue weighted by Gasteiger charge is 2.15. The Hall–Kier alpha value is -1.20. The first kappa shape index (κ1) is 12.3. The zero-order valence-corrected chi connectivity index (χ0v) is 11.9. The highest BCUT2D eigenvalue weighted by atomic mass is 35.5. The Morgan fingerprint density at radius 1 is 1.29 bits per heavy atom. The van der Waals surface area contributed by atoms with Crippen LogP contribution in [0.2, 0.25) is 24.8 Å². The molecule has 0 saturated heterocycles. The number of hydrogen-bond acceptors (Lipinski definition) is 3. The third-order valence-corrected chi connectivity index (χ3v) is 3.69. The van der Waals surface area contributed by atoms with E-state index in [1.54, 1.807) is 12.3 Å². The van der Waals surface area contributed by atoms with Crippen molar-refractivity contribution in [2.45, 2.75) is 25.8 Å². The standard InChI is InChI=1S/C11H15ClN4Si/c1-17(2,3)8-16-7-10(14-15-16)9-4-5-11(12)13-6-9/h4-7H,8H2,1-3H3. The minimum atomic E-state index is -1.17. The zero-order chi connectivity index (χ0) is 12.5. The Morgan fingerprint density at radius 3 is 2.65 bits per heavy atom. The average Bonchev–Trinajstić information content (AvgIpc) is 2.64. The molecule has 0 aliphatic rings. The van der Waals surface area contributed by atoms with Crippen LogP contribution >= 0.6 is 11.6 Å². The van der Waals surface area contributed by atoms with E-state index in [-0.39, 0.29) is 0 Å². The van der Waals surface area contributed by atoms with E-state index in [0.29, 0.717) is 5.15 Å². The summed E-state index contributed by atoms with van der Waals surface area (Å²) in [6, 6.07) is 3.66. The first-order chi connectivity index (χ1) is 7.94. The fourth-order valence-electron chi connectivity index (χ4n) is 1.52. The lowest BCUT2D eigenvalue weighted by atomic mass is 10.2. The van der Waals surface area contributed by atoms with E-state index in [1.165, 1.54) is 0 Å². The monoisotopic (exact) mass is 266 g/mol. The molecule has 0 N–H and O–H groups in total. The molecular formula is C11H15ClN4Si. The number of pyridine rings is 1. The Kier molecular flexibility index (Phi) is 3.30. The van der Waals surface area contributed by atoms with Gasteiger partial charge in [-0.25, -0.2) is 4.98 Å². The van der Waals surface area contributed by atoms with Crippen molar-refractivity contribution in [3.05, 3.63) is 29.7 Å². The smallest absolute Gasteiger partial charge is 0.129 e. The molecule has 0 unspecified atom stereocenters. The van der Waals surface area contributed by atoms with Gasteiger partial charge in [0.2, 0.25) is 0 Å². The number of halogens is 1. The molecular weight excluding hydrogens is 252 g/mol. The normalized spacial score (nSPS) is 11.8. The van der Waals surface area contributed by atoms with E-state index in [0.717, 1.165) is 17.4 Å². The van der Waals surface area contributed by atoms with Crippen molar-refractivity contribution < 1.29 is 0 Å². The van der Waals surface area contributed by atoms with Gasteiger partial charge in [-0.1, -0.05) is 36.5 Å². The van der Waals surface area contributed by atoms with Crippen LogP contribution in [0.15, 0.2) is 24.5 Å². The highest BCUT2D eigenvalue weighted by molar-refractivity contribution is 6.74. The third-order valence-electron chi connectivity index (χ3n) is 2.20.